The summed E-state index contributed by atoms with van der Waals surface area (Å²) in [5.41, 5.74) is 0.957. The van der Waals surface area contributed by atoms with Gasteiger partial charge in [0.2, 0.25) is 0 Å². The van der Waals surface area contributed by atoms with Gasteiger partial charge in [0.25, 0.3) is 0 Å². The quantitative estimate of drug-likeness (QED) is 0.769. The molecule has 0 bridgehead atoms. The molecule has 6 heteroatoms. The van der Waals surface area contributed by atoms with Crippen LogP contribution in [0.4, 0.5) is 5.69 Å². The predicted molar refractivity (Wildman–Crippen MR) is 64.6 cm³/mol. The van der Waals surface area contributed by atoms with Crippen LogP contribution in [0.2, 0.25) is 5.15 Å². The molecule has 1 aliphatic heterocycles. The normalized spacial score (nSPS) is 18.3. The second kappa shape index (κ2) is 4.69. The van der Waals surface area contributed by atoms with Crippen LogP contribution in [-0.4, -0.2) is 41.8 Å². The molecule has 16 heavy (non-hydrogen) atoms. The van der Waals surface area contributed by atoms with Crippen LogP contribution in [0.1, 0.15) is 0 Å². The highest BCUT2D eigenvalue weighted by Crippen LogP contribution is 2.26. The third-order valence-electron chi connectivity index (χ3n) is 2.60. The van der Waals surface area contributed by atoms with Crippen LogP contribution in [-0.2, 0) is 15.5 Å². The Labute approximate surface area is 102 Å². The van der Waals surface area contributed by atoms with Crippen molar-refractivity contribution in [3.63, 3.8) is 0 Å². The van der Waals surface area contributed by atoms with Crippen LogP contribution < -0.4 is 4.90 Å². The van der Waals surface area contributed by atoms with Crippen molar-refractivity contribution in [2.45, 2.75) is 11.1 Å². The van der Waals surface area contributed by atoms with Crippen LogP contribution >= 0.6 is 11.6 Å². The van der Waals surface area contributed by atoms with E-state index in [0.29, 0.717) is 10.2 Å². The number of hydrogen-bond acceptors (Lipinski definition) is 4. The summed E-state index contributed by atoms with van der Waals surface area (Å²) in [6.45, 7) is 1.68. The van der Waals surface area contributed by atoms with E-state index in [1.807, 2.05) is 6.07 Å². The van der Waals surface area contributed by atoms with Crippen LogP contribution in [0.25, 0.3) is 0 Å². The van der Waals surface area contributed by atoms with Gasteiger partial charge in [-0.05, 0) is 12.1 Å². The lowest BCUT2D eigenvalue weighted by Gasteiger charge is -2.40. The van der Waals surface area contributed by atoms with Gasteiger partial charge < -0.3 is 9.64 Å². The van der Waals surface area contributed by atoms with E-state index in [0.717, 1.165) is 18.8 Å². The summed E-state index contributed by atoms with van der Waals surface area (Å²) >= 11 is 5.89. The van der Waals surface area contributed by atoms with E-state index in [1.165, 1.54) is 0 Å². The topological polar surface area (TPSA) is 42.4 Å². The lowest BCUT2D eigenvalue weighted by Crippen LogP contribution is -2.51. The Morgan fingerprint density at radius 3 is 2.81 bits per heavy atom. The zero-order valence-electron chi connectivity index (χ0n) is 9.14. The van der Waals surface area contributed by atoms with Gasteiger partial charge in [0.1, 0.15) is 10.2 Å². The van der Waals surface area contributed by atoms with Crippen molar-refractivity contribution in [3.05, 3.63) is 17.3 Å². The SMILES string of the molecule is COC1CN(c2cc(Cl)nc(S(C)=O)c2)C1. The van der Waals surface area contributed by atoms with E-state index < -0.39 is 10.8 Å². The number of pyridine rings is 1. The third kappa shape index (κ3) is 2.36. The van der Waals surface area contributed by atoms with Crippen LogP contribution in [0, 0.1) is 0 Å². The number of ether oxygens (including phenoxy) is 1. The van der Waals surface area contributed by atoms with Gasteiger partial charge in [0.15, 0.2) is 0 Å². The van der Waals surface area contributed by atoms with Gasteiger partial charge in [-0.1, -0.05) is 11.6 Å². The van der Waals surface area contributed by atoms with E-state index in [2.05, 4.69) is 9.88 Å². The minimum absolute atomic E-state index is 0.280. The Balaban J connectivity index is 2.19. The Kier molecular flexibility index (Phi) is 3.47. The monoisotopic (exact) mass is 260 g/mol. The maximum atomic E-state index is 11.3. The first-order chi connectivity index (χ1) is 7.60. The molecule has 0 spiro atoms. The second-order valence-electron chi connectivity index (χ2n) is 3.70. The summed E-state index contributed by atoms with van der Waals surface area (Å²) in [4.78, 5) is 6.14. The fraction of sp³-hybridized carbons (Fsp3) is 0.500. The molecular weight excluding hydrogens is 248 g/mol. The molecule has 0 aromatic carbocycles. The van der Waals surface area contributed by atoms with Crippen molar-refractivity contribution in [2.75, 3.05) is 31.4 Å². The minimum atomic E-state index is -1.11. The molecule has 2 heterocycles. The molecule has 88 valence electrons. The highest BCUT2D eigenvalue weighted by molar-refractivity contribution is 7.84. The van der Waals surface area contributed by atoms with Gasteiger partial charge in [0.05, 0.1) is 16.9 Å². The number of nitrogens with zero attached hydrogens (tertiary/aromatic N) is 2. The average molecular weight is 261 g/mol. The summed E-state index contributed by atoms with van der Waals surface area (Å²) in [7, 11) is 0.594. The fourth-order valence-corrected chi connectivity index (χ4v) is 2.35. The van der Waals surface area contributed by atoms with Crippen molar-refractivity contribution in [1.29, 1.82) is 0 Å². The minimum Gasteiger partial charge on any atom is -0.378 e. The molecule has 0 aliphatic carbocycles. The summed E-state index contributed by atoms with van der Waals surface area (Å²) in [6.07, 6.45) is 1.87. The Hall–Kier alpha value is -0.650. The smallest absolute Gasteiger partial charge is 0.132 e. The lowest BCUT2D eigenvalue weighted by atomic mass is 10.1. The highest BCUT2D eigenvalue weighted by atomic mass is 35.5. The first-order valence-electron chi connectivity index (χ1n) is 4.89. The number of methoxy groups -OCH3 is 1. The molecule has 1 atom stereocenters. The zero-order chi connectivity index (χ0) is 11.7. The molecule has 0 saturated carbocycles. The summed E-state index contributed by atoms with van der Waals surface area (Å²) < 4.78 is 16.5. The van der Waals surface area contributed by atoms with Gasteiger partial charge in [-0.2, -0.15) is 0 Å². The first-order valence-corrected chi connectivity index (χ1v) is 6.82. The molecule has 1 aromatic rings. The maximum Gasteiger partial charge on any atom is 0.132 e. The van der Waals surface area contributed by atoms with Gasteiger partial charge >= 0.3 is 0 Å². The van der Waals surface area contributed by atoms with Crippen molar-refractivity contribution in [1.82, 2.24) is 4.98 Å². The molecule has 0 radical (unpaired) electrons. The van der Waals surface area contributed by atoms with E-state index in [9.17, 15) is 4.21 Å². The highest BCUT2D eigenvalue weighted by Gasteiger charge is 2.27. The van der Waals surface area contributed by atoms with Gasteiger partial charge in [-0.25, -0.2) is 4.98 Å². The first kappa shape index (κ1) is 11.8. The van der Waals surface area contributed by atoms with E-state index in [4.69, 9.17) is 16.3 Å². The Morgan fingerprint density at radius 1 is 1.56 bits per heavy atom. The molecule has 1 aliphatic rings. The largest absolute Gasteiger partial charge is 0.378 e. The lowest BCUT2D eigenvalue weighted by molar-refractivity contribution is 0.0787. The number of aromatic nitrogens is 1. The number of halogens is 1. The molecule has 1 aromatic heterocycles. The van der Waals surface area contributed by atoms with Gasteiger partial charge in [-0.3, -0.25) is 4.21 Å². The van der Waals surface area contributed by atoms with Crippen LogP contribution in [0.5, 0.6) is 0 Å². The third-order valence-corrected chi connectivity index (χ3v) is 3.59. The number of rotatable bonds is 3. The molecular formula is C10H13ClN2O2S. The molecule has 0 N–H and O–H groups in total. The van der Waals surface area contributed by atoms with Gasteiger partial charge in [0, 0.05) is 32.1 Å². The maximum absolute atomic E-state index is 11.3. The summed E-state index contributed by atoms with van der Waals surface area (Å²) in [5, 5.41) is 0.895. The van der Waals surface area contributed by atoms with Crippen molar-refractivity contribution in [3.8, 4) is 0 Å². The summed E-state index contributed by atoms with van der Waals surface area (Å²) in [6, 6.07) is 3.59. The standard InChI is InChI=1S/C10H13ClN2O2S/c1-15-8-5-13(6-8)7-3-9(11)12-10(4-7)16(2)14/h3-4,8H,5-6H2,1-2H3. The summed E-state index contributed by atoms with van der Waals surface area (Å²) in [5.74, 6) is 0. The van der Waals surface area contributed by atoms with Crippen LogP contribution in [0.3, 0.4) is 0 Å². The predicted octanol–water partition coefficient (Wildman–Crippen LogP) is 1.31. The zero-order valence-corrected chi connectivity index (χ0v) is 10.7. The molecule has 0 amide bonds. The molecule has 1 saturated heterocycles. The number of anilines is 1. The van der Waals surface area contributed by atoms with E-state index >= 15 is 0 Å². The Morgan fingerprint density at radius 2 is 2.25 bits per heavy atom. The van der Waals surface area contributed by atoms with Crippen LogP contribution in [0.15, 0.2) is 17.2 Å². The second-order valence-corrected chi connectivity index (χ2v) is 5.42. The van der Waals surface area contributed by atoms with Crippen molar-refractivity contribution >= 4 is 28.1 Å². The average Bonchev–Trinajstić information content (AvgIpc) is 2.15. The van der Waals surface area contributed by atoms with E-state index in [1.54, 1.807) is 19.4 Å². The molecule has 1 fully saturated rings. The number of hydrogen-bond donors (Lipinski definition) is 0. The van der Waals surface area contributed by atoms with Crippen molar-refractivity contribution < 1.29 is 8.95 Å². The molecule has 4 nitrogen and oxygen atoms in total. The Bertz CT molecular complexity index is 421. The van der Waals surface area contributed by atoms with Crippen molar-refractivity contribution in [2.24, 2.45) is 0 Å². The van der Waals surface area contributed by atoms with E-state index in [-0.39, 0.29) is 6.10 Å². The molecule has 1 unspecified atom stereocenters. The molecule has 2 rings (SSSR count). The van der Waals surface area contributed by atoms with Gasteiger partial charge in [-0.15, -0.1) is 0 Å². The fourth-order valence-electron chi connectivity index (χ4n) is 1.59.